The number of rotatable bonds is 7. The van der Waals surface area contributed by atoms with E-state index in [1.807, 2.05) is 32.3 Å². The van der Waals surface area contributed by atoms with Crippen molar-refractivity contribution in [2.24, 2.45) is 0 Å². The van der Waals surface area contributed by atoms with Gasteiger partial charge in [-0.1, -0.05) is 6.08 Å². The molecule has 1 unspecified atom stereocenters. The van der Waals surface area contributed by atoms with E-state index >= 15 is 0 Å². The number of carbonyl (C=O) groups is 1. The first-order chi connectivity index (χ1) is 9.68. The Kier molecular flexibility index (Phi) is 6.54. The summed E-state index contributed by atoms with van der Waals surface area (Å²) in [7, 11) is -3.42. The van der Waals surface area contributed by atoms with Crippen molar-refractivity contribution in [3.8, 4) is 0 Å². The van der Waals surface area contributed by atoms with Gasteiger partial charge in [0.1, 0.15) is 10.1 Å². The topological polar surface area (TPSA) is 61.8 Å². The molecule has 0 fully saturated rings. The molecule has 1 atom stereocenters. The van der Waals surface area contributed by atoms with Gasteiger partial charge in [-0.3, -0.25) is 9.36 Å². The van der Waals surface area contributed by atoms with Crippen molar-refractivity contribution < 1.29 is 23.1 Å². The van der Waals surface area contributed by atoms with Crippen LogP contribution in [0.5, 0.6) is 0 Å². The van der Waals surface area contributed by atoms with E-state index in [0.717, 1.165) is 0 Å². The third kappa shape index (κ3) is 4.85. The number of ether oxygens (including phenoxy) is 1. The molecule has 21 heavy (non-hydrogen) atoms. The maximum absolute atomic E-state index is 13.1. The van der Waals surface area contributed by atoms with Crippen molar-refractivity contribution in [2.45, 2.75) is 57.5 Å². The Balaban J connectivity index is 2.97. The van der Waals surface area contributed by atoms with E-state index in [9.17, 15) is 9.36 Å². The van der Waals surface area contributed by atoms with Gasteiger partial charge in [-0.2, -0.15) is 0 Å². The monoisotopic (exact) mass is 336 g/mol. The van der Waals surface area contributed by atoms with Gasteiger partial charge in [-0.25, -0.2) is 0 Å². The van der Waals surface area contributed by atoms with Crippen LogP contribution in [-0.2, 0) is 23.1 Å². The van der Waals surface area contributed by atoms with E-state index in [4.69, 9.17) is 13.8 Å². The van der Waals surface area contributed by atoms with Crippen LogP contribution in [0, 0.1) is 0 Å². The summed E-state index contributed by atoms with van der Waals surface area (Å²) < 4.78 is 28.5. The summed E-state index contributed by atoms with van der Waals surface area (Å²) in [6, 6.07) is 0. The van der Waals surface area contributed by atoms with E-state index < -0.39 is 23.7 Å². The first kappa shape index (κ1) is 18.8. The van der Waals surface area contributed by atoms with Crippen LogP contribution in [0.3, 0.4) is 0 Å². The lowest BCUT2D eigenvalue weighted by molar-refractivity contribution is -0.155. The summed E-state index contributed by atoms with van der Waals surface area (Å²) in [6.07, 6.45) is 2.35. The fraction of sp³-hybridized carbons (Fsp3) is 0.786. The second-order valence-electron chi connectivity index (χ2n) is 5.74. The fourth-order valence-electron chi connectivity index (χ4n) is 2.06. The second kappa shape index (κ2) is 7.32. The normalized spacial score (nSPS) is 22.5. The van der Waals surface area contributed by atoms with E-state index in [2.05, 4.69) is 0 Å². The molecule has 0 aromatic carbocycles. The molecule has 1 heterocycles. The standard InChI is InChI=1S/C14H25O5PS/c1-6-17-20(16,18-7-2)14(9-8-10-21-14)11-12(15)19-13(3,4)5/h8,10H,6-7,9,11H2,1-5H3. The Morgan fingerprint density at radius 3 is 2.24 bits per heavy atom. The number of carbonyl (C=O) groups excluding carboxylic acids is 1. The molecule has 0 aromatic heterocycles. The van der Waals surface area contributed by atoms with Crippen LogP contribution < -0.4 is 0 Å². The highest BCUT2D eigenvalue weighted by Crippen LogP contribution is 2.70. The van der Waals surface area contributed by atoms with Gasteiger partial charge in [-0.15, -0.1) is 11.8 Å². The maximum atomic E-state index is 13.1. The van der Waals surface area contributed by atoms with Crippen molar-refractivity contribution in [1.82, 2.24) is 0 Å². The molecule has 0 N–H and O–H groups in total. The van der Waals surface area contributed by atoms with E-state index in [0.29, 0.717) is 6.42 Å². The smallest absolute Gasteiger partial charge is 0.347 e. The molecule has 1 rings (SSSR count). The van der Waals surface area contributed by atoms with Gasteiger partial charge in [0.2, 0.25) is 0 Å². The lowest BCUT2D eigenvalue weighted by atomic mass is 10.2. The highest BCUT2D eigenvalue weighted by Gasteiger charge is 2.54. The van der Waals surface area contributed by atoms with Crippen molar-refractivity contribution in [2.75, 3.05) is 13.2 Å². The molecule has 0 amide bonds. The zero-order chi connectivity index (χ0) is 16.1. The van der Waals surface area contributed by atoms with E-state index in [-0.39, 0.29) is 19.6 Å². The number of hydrogen-bond donors (Lipinski definition) is 0. The number of esters is 1. The summed E-state index contributed by atoms with van der Waals surface area (Å²) in [5.74, 6) is -0.390. The Morgan fingerprint density at radius 2 is 1.86 bits per heavy atom. The predicted molar refractivity (Wildman–Crippen MR) is 85.4 cm³/mol. The van der Waals surface area contributed by atoms with Crippen molar-refractivity contribution in [3.63, 3.8) is 0 Å². The lowest BCUT2D eigenvalue weighted by Crippen LogP contribution is -2.32. The molecule has 0 aliphatic carbocycles. The molecule has 7 heteroatoms. The lowest BCUT2D eigenvalue weighted by Gasteiger charge is -2.34. The van der Waals surface area contributed by atoms with Gasteiger partial charge in [0.05, 0.1) is 19.6 Å². The van der Waals surface area contributed by atoms with Crippen LogP contribution in [0.4, 0.5) is 0 Å². The van der Waals surface area contributed by atoms with E-state index in [1.165, 1.54) is 11.8 Å². The molecule has 0 aromatic rings. The first-order valence-electron chi connectivity index (χ1n) is 7.12. The zero-order valence-electron chi connectivity index (χ0n) is 13.4. The minimum Gasteiger partial charge on any atom is -0.460 e. The molecule has 0 spiro atoms. The average Bonchev–Trinajstić information content (AvgIpc) is 2.77. The van der Waals surface area contributed by atoms with Gasteiger partial charge in [-0.05, 0) is 46.4 Å². The molecular weight excluding hydrogens is 311 g/mol. The number of allylic oxidation sites excluding steroid dienone is 1. The Morgan fingerprint density at radius 1 is 1.29 bits per heavy atom. The maximum Gasteiger partial charge on any atom is 0.347 e. The zero-order valence-corrected chi connectivity index (χ0v) is 15.1. The Bertz CT molecular complexity index is 423. The van der Waals surface area contributed by atoms with E-state index in [1.54, 1.807) is 13.8 Å². The molecule has 0 saturated heterocycles. The van der Waals surface area contributed by atoms with Crippen LogP contribution in [-0.4, -0.2) is 29.3 Å². The molecule has 0 bridgehead atoms. The molecule has 0 radical (unpaired) electrons. The molecule has 1 aliphatic rings. The highest BCUT2D eigenvalue weighted by molar-refractivity contribution is 8.09. The van der Waals surface area contributed by atoms with Crippen LogP contribution >= 0.6 is 19.4 Å². The fourth-order valence-corrected chi connectivity index (χ4v) is 5.79. The average molecular weight is 336 g/mol. The molecule has 5 nitrogen and oxygen atoms in total. The van der Waals surface area contributed by atoms with Crippen molar-refractivity contribution >= 4 is 25.3 Å². The second-order valence-corrected chi connectivity index (χ2v) is 9.70. The summed E-state index contributed by atoms with van der Waals surface area (Å²) in [5, 5.41) is 1.84. The highest BCUT2D eigenvalue weighted by atomic mass is 32.2. The molecule has 0 saturated carbocycles. The summed E-state index contributed by atoms with van der Waals surface area (Å²) >= 11 is 1.34. The third-order valence-corrected chi connectivity index (χ3v) is 7.36. The van der Waals surface area contributed by atoms with Gasteiger partial charge in [0, 0.05) is 0 Å². The quantitative estimate of drug-likeness (QED) is 0.509. The SMILES string of the molecule is CCOP(=O)(OCC)C1(CC(=O)OC(C)(C)C)CC=CS1. The predicted octanol–water partition coefficient (Wildman–Crippen LogP) is 4.33. The molecule has 1 aliphatic heterocycles. The summed E-state index contributed by atoms with van der Waals surface area (Å²) in [5.41, 5.74) is -0.573. The van der Waals surface area contributed by atoms with Gasteiger partial charge in [0.25, 0.3) is 0 Å². The third-order valence-electron chi connectivity index (χ3n) is 2.76. The Labute approximate surface area is 131 Å². The van der Waals surface area contributed by atoms with Crippen LogP contribution in [0.15, 0.2) is 11.5 Å². The van der Waals surface area contributed by atoms with Crippen molar-refractivity contribution in [3.05, 3.63) is 11.5 Å². The van der Waals surface area contributed by atoms with Crippen molar-refractivity contribution in [1.29, 1.82) is 0 Å². The minimum absolute atomic E-state index is 0.000779. The largest absolute Gasteiger partial charge is 0.460 e. The minimum atomic E-state index is -3.42. The van der Waals surface area contributed by atoms with Gasteiger partial charge in [0.15, 0.2) is 0 Å². The summed E-state index contributed by atoms with van der Waals surface area (Å²) in [4.78, 5) is 12.2. The Hall–Kier alpha value is -0.290. The first-order valence-corrected chi connectivity index (χ1v) is 9.54. The number of hydrogen-bond acceptors (Lipinski definition) is 6. The summed E-state index contributed by atoms with van der Waals surface area (Å²) in [6.45, 7) is 9.49. The van der Waals surface area contributed by atoms with Crippen LogP contribution in [0.25, 0.3) is 0 Å². The number of thioether (sulfide) groups is 1. The van der Waals surface area contributed by atoms with Crippen LogP contribution in [0.2, 0.25) is 0 Å². The molecular formula is C14H25O5PS. The van der Waals surface area contributed by atoms with Crippen LogP contribution in [0.1, 0.15) is 47.5 Å². The molecule has 122 valence electrons. The van der Waals surface area contributed by atoms with Gasteiger partial charge < -0.3 is 13.8 Å². The van der Waals surface area contributed by atoms with Gasteiger partial charge >= 0.3 is 13.6 Å².